The van der Waals surface area contributed by atoms with Crippen molar-refractivity contribution in [3.8, 4) is 0 Å². The van der Waals surface area contributed by atoms with E-state index in [1.165, 1.54) is 17.0 Å². The van der Waals surface area contributed by atoms with Gasteiger partial charge in [-0.05, 0) is 30.5 Å². The van der Waals surface area contributed by atoms with Gasteiger partial charge in [-0.2, -0.15) is 0 Å². The normalized spacial score (nSPS) is 16.0. The van der Waals surface area contributed by atoms with Crippen LogP contribution >= 0.6 is 0 Å². The summed E-state index contributed by atoms with van der Waals surface area (Å²) in [5.41, 5.74) is 1.31. The highest BCUT2D eigenvalue weighted by Gasteiger charge is 2.31. The summed E-state index contributed by atoms with van der Waals surface area (Å²) in [6, 6.07) is 13.4. The van der Waals surface area contributed by atoms with Gasteiger partial charge >= 0.3 is 5.97 Å². The van der Waals surface area contributed by atoms with Crippen LogP contribution < -0.4 is 5.32 Å². The van der Waals surface area contributed by atoms with Crippen molar-refractivity contribution in [1.29, 1.82) is 0 Å². The first kappa shape index (κ1) is 19.3. The molecule has 1 fully saturated rings. The molecule has 8 nitrogen and oxygen atoms in total. The highest BCUT2D eigenvalue weighted by atomic mass is 16.6. The summed E-state index contributed by atoms with van der Waals surface area (Å²) in [6.07, 6.45) is 1.23. The Balaban J connectivity index is 1.79. The minimum absolute atomic E-state index is 0.120. The van der Waals surface area contributed by atoms with Crippen LogP contribution in [0.25, 0.3) is 0 Å². The standard InChI is InChI=1S/C20H21N3O5/c24-19(25)12-16-7-4-10-22(16)20(26)15-8-9-17(18(11-15)23(27)28)21-13-14-5-2-1-3-6-14/h1-3,5-6,8-9,11,16,21H,4,7,10,12-13H2,(H,24,25). The number of carboxylic acid groups (broad SMARTS) is 1. The van der Waals surface area contributed by atoms with Crippen LogP contribution in [-0.2, 0) is 11.3 Å². The second-order valence-corrected chi connectivity index (χ2v) is 6.72. The lowest BCUT2D eigenvalue weighted by Crippen LogP contribution is -2.36. The molecule has 0 aliphatic carbocycles. The van der Waals surface area contributed by atoms with E-state index in [-0.39, 0.29) is 29.6 Å². The van der Waals surface area contributed by atoms with Gasteiger partial charge in [-0.25, -0.2) is 0 Å². The first-order chi connectivity index (χ1) is 13.5. The van der Waals surface area contributed by atoms with Crippen LogP contribution in [0.15, 0.2) is 48.5 Å². The number of rotatable bonds is 7. The summed E-state index contributed by atoms with van der Waals surface area (Å²) in [4.78, 5) is 36.3. The topological polar surface area (TPSA) is 113 Å². The lowest BCUT2D eigenvalue weighted by Gasteiger charge is -2.23. The molecule has 28 heavy (non-hydrogen) atoms. The number of nitro groups is 1. The quantitative estimate of drug-likeness (QED) is 0.560. The van der Waals surface area contributed by atoms with Gasteiger partial charge in [0.05, 0.1) is 11.3 Å². The van der Waals surface area contributed by atoms with E-state index in [1.54, 1.807) is 6.07 Å². The van der Waals surface area contributed by atoms with Crippen LogP contribution in [0, 0.1) is 10.1 Å². The predicted molar refractivity (Wildman–Crippen MR) is 103 cm³/mol. The number of benzene rings is 2. The molecule has 146 valence electrons. The summed E-state index contributed by atoms with van der Waals surface area (Å²) >= 11 is 0. The van der Waals surface area contributed by atoms with Gasteiger partial charge in [-0.3, -0.25) is 19.7 Å². The number of hydrogen-bond acceptors (Lipinski definition) is 5. The maximum atomic E-state index is 12.8. The van der Waals surface area contributed by atoms with Crippen molar-refractivity contribution in [1.82, 2.24) is 4.90 Å². The lowest BCUT2D eigenvalue weighted by atomic mass is 10.1. The summed E-state index contributed by atoms with van der Waals surface area (Å²) in [5, 5.41) is 23.6. The van der Waals surface area contributed by atoms with Crippen LogP contribution in [0.5, 0.6) is 0 Å². The molecule has 1 amide bonds. The Morgan fingerprint density at radius 1 is 1.21 bits per heavy atom. The number of nitro benzene ring substituents is 1. The van der Waals surface area contributed by atoms with Crippen molar-refractivity contribution in [2.45, 2.75) is 31.8 Å². The molecule has 1 aliphatic heterocycles. The number of amides is 1. The van der Waals surface area contributed by atoms with Crippen LogP contribution in [0.3, 0.4) is 0 Å². The summed E-state index contributed by atoms with van der Waals surface area (Å²) < 4.78 is 0. The van der Waals surface area contributed by atoms with Crippen molar-refractivity contribution in [3.63, 3.8) is 0 Å². The maximum absolute atomic E-state index is 12.8. The van der Waals surface area contributed by atoms with Gasteiger partial charge in [-0.15, -0.1) is 0 Å². The predicted octanol–water partition coefficient (Wildman–Crippen LogP) is 3.29. The summed E-state index contributed by atoms with van der Waals surface area (Å²) in [7, 11) is 0. The Labute approximate surface area is 161 Å². The number of carboxylic acids is 1. The lowest BCUT2D eigenvalue weighted by molar-refractivity contribution is -0.384. The third kappa shape index (κ3) is 4.46. The molecule has 1 aliphatic rings. The Bertz CT molecular complexity index is 885. The molecule has 2 N–H and O–H groups in total. The van der Waals surface area contributed by atoms with Crippen molar-refractivity contribution in [2.24, 2.45) is 0 Å². The molecule has 0 aromatic heterocycles. The van der Waals surface area contributed by atoms with Gasteiger partial charge in [0.1, 0.15) is 5.69 Å². The van der Waals surface area contributed by atoms with Crippen molar-refractivity contribution in [2.75, 3.05) is 11.9 Å². The zero-order valence-electron chi connectivity index (χ0n) is 15.2. The van der Waals surface area contributed by atoms with Crippen LogP contribution in [0.4, 0.5) is 11.4 Å². The zero-order valence-corrected chi connectivity index (χ0v) is 15.2. The minimum Gasteiger partial charge on any atom is -0.481 e. The fourth-order valence-electron chi connectivity index (χ4n) is 3.44. The SMILES string of the molecule is O=C(O)CC1CCCN1C(=O)c1ccc(NCc2ccccc2)c([N+](=O)[O-])c1. The molecule has 0 spiro atoms. The molecule has 1 atom stereocenters. The number of anilines is 1. The van der Waals surface area contributed by atoms with Crippen molar-refractivity contribution in [3.05, 3.63) is 69.8 Å². The second-order valence-electron chi connectivity index (χ2n) is 6.72. The Morgan fingerprint density at radius 2 is 1.96 bits per heavy atom. The highest BCUT2D eigenvalue weighted by Crippen LogP contribution is 2.29. The fourth-order valence-corrected chi connectivity index (χ4v) is 3.44. The molecular formula is C20H21N3O5. The summed E-state index contributed by atoms with van der Waals surface area (Å²) in [5.74, 6) is -1.34. The Kier molecular flexibility index (Phi) is 5.88. The zero-order chi connectivity index (χ0) is 20.1. The van der Waals surface area contributed by atoms with Crippen molar-refractivity contribution < 1.29 is 19.6 Å². The largest absolute Gasteiger partial charge is 0.481 e. The van der Waals surface area contributed by atoms with Gasteiger partial charge in [0.2, 0.25) is 0 Å². The number of carbonyl (C=O) groups is 2. The van der Waals surface area contributed by atoms with E-state index in [1.807, 2.05) is 30.3 Å². The Morgan fingerprint density at radius 3 is 2.64 bits per heavy atom. The number of hydrogen-bond donors (Lipinski definition) is 2. The number of carbonyl (C=O) groups excluding carboxylic acids is 1. The monoisotopic (exact) mass is 383 g/mol. The van der Waals surface area contributed by atoms with E-state index >= 15 is 0 Å². The van der Waals surface area contributed by atoms with E-state index in [0.717, 1.165) is 12.0 Å². The highest BCUT2D eigenvalue weighted by molar-refractivity contribution is 5.96. The van der Waals surface area contributed by atoms with E-state index in [9.17, 15) is 19.7 Å². The van der Waals surface area contributed by atoms with Crippen LogP contribution in [0.2, 0.25) is 0 Å². The van der Waals surface area contributed by atoms with E-state index in [2.05, 4.69) is 5.32 Å². The van der Waals surface area contributed by atoms with E-state index in [4.69, 9.17) is 5.11 Å². The molecule has 8 heteroatoms. The fraction of sp³-hybridized carbons (Fsp3) is 0.300. The third-order valence-corrected chi connectivity index (χ3v) is 4.82. The molecule has 3 rings (SSSR count). The smallest absolute Gasteiger partial charge is 0.305 e. The number of aliphatic carboxylic acids is 1. The van der Waals surface area contributed by atoms with Crippen LogP contribution in [0.1, 0.15) is 35.2 Å². The molecule has 0 bridgehead atoms. The number of likely N-dealkylation sites (tertiary alicyclic amines) is 1. The second kappa shape index (κ2) is 8.51. The molecule has 0 saturated carbocycles. The Hall–Kier alpha value is -3.42. The van der Waals surface area contributed by atoms with E-state index in [0.29, 0.717) is 25.2 Å². The molecule has 2 aromatic rings. The number of nitrogens with zero attached hydrogens (tertiary/aromatic N) is 2. The van der Waals surface area contributed by atoms with E-state index < -0.39 is 10.9 Å². The first-order valence-corrected chi connectivity index (χ1v) is 9.04. The first-order valence-electron chi connectivity index (χ1n) is 9.04. The van der Waals surface area contributed by atoms with Gasteiger partial charge in [0.15, 0.2) is 0 Å². The van der Waals surface area contributed by atoms with Gasteiger partial charge in [0, 0.05) is 30.8 Å². The van der Waals surface area contributed by atoms with Gasteiger partial charge < -0.3 is 15.3 Å². The average molecular weight is 383 g/mol. The molecular weight excluding hydrogens is 362 g/mol. The van der Waals surface area contributed by atoms with Gasteiger partial charge in [0.25, 0.3) is 11.6 Å². The van der Waals surface area contributed by atoms with Gasteiger partial charge in [-0.1, -0.05) is 30.3 Å². The van der Waals surface area contributed by atoms with Crippen molar-refractivity contribution >= 4 is 23.3 Å². The molecule has 1 heterocycles. The summed E-state index contributed by atoms with van der Waals surface area (Å²) in [6.45, 7) is 0.875. The minimum atomic E-state index is -0.962. The molecule has 1 unspecified atom stereocenters. The molecule has 0 radical (unpaired) electrons. The molecule has 1 saturated heterocycles. The third-order valence-electron chi connectivity index (χ3n) is 4.82. The average Bonchev–Trinajstić information content (AvgIpc) is 3.13. The maximum Gasteiger partial charge on any atom is 0.305 e. The number of nitrogens with one attached hydrogen (secondary N) is 1. The van der Waals surface area contributed by atoms with Crippen LogP contribution in [-0.4, -0.2) is 39.4 Å². The molecule has 2 aromatic carbocycles.